The number of anilines is 1. The first-order valence-electron chi connectivity index (χ1n) is 9.28. The lowest BCUT2D eigenvalue weighted by atomic mass is 10.0. The number of nitrogens with two attached hydrogens (primary N) is 3. The summed E-state index contributed by atoms with van der Waals surface area (Å²) in [5.74, 6) is 4.56. The average molecular weight is 441 g/mol. The standard InChI is InChI=1S/C22H22ClFN6O/c1-30(27)12-20(25)15-8-18(21(26)28-11-15)14-5-6-17(19(24)9-14)22(31)29-10-13-3-2-4-16(23)7-13/h2-9,11-12H,10,25,27H2,1H3,(H2,26,28)(H,29,31)/b20-12-. The Morgan fingerprint density at radius 2 is 2.03 bits per heavy atom. The van der Waals surface area contributed by atoms with E-state index in [2.05, 4.69) is 10.3 Å². The third kappa shape index (κ3) is 5.50. The summed E-state index contributed by atoms with van der Waals surface area (Å²) >= 11 is 5.94. The number of carbonyl (C=O) groups excluding carboxylic acids is 1. The lowest BCUT2D eigenvalue weighted by Crippen LogP contribution is -2.23. The second-order valence-electron chi connectivity index (χ2n) is 6.91. The number of halogens is 2. The van der Waals surface area contributed by atoms with E-state index in [4.69, 9.17) is 28.9 Å². The van der Waals surface area contributed by atoms with E-state index in [1.165, 1.54) is 29.5 Å². The van der Waals surface area contributed by atoms with Gasteiger partial charge in [-0.15, -0.1) is 0 Å². The van der Waals surface area contributed by atoms with Crippen LogP contribution in [-0.4, -0.2) is 22.9 Å². The van der Waals surface area contributed by atoms with E-state index in [-0.39, 0.29) is 17.9 Å². The number of rotatable bonds is 6. The van der Waals surface area contributed by atoms with Crippen LogP contribution < -0.4 is 22.6 Å². The molecule has 31 heavy (non-hydrogen) atoms. The number of carbonyl (C=O) groups is 1. The third-order valence-electron chi connectivity index (χ3n) is 4.46. The van der Waals surface area contributed by atoms with Crippen molar-refractivity contribution >= 4 is 29.0 Å². The number of amides is 1. The minimum absolute atomic E-state index is 0.0855. The van der Waals surface area contributed by atoms with Crippen LogP contribution in [0, 0.1) is 5.82 Å². The van der Waals surface area contributed by atoms with Crippen LogP contribution in [0.15, 0.2) is 60.9 Å². The first kappa shape index (κ1) is 22.1. The normalized spacial score (nSPS) is 11.3. The molecule has 0 saturated carbocycles. The first-order valence-corrected chi connectivity index (χ1v) is 9.65. The van der Waals surface area contributed by atoms with E-state index in [0.717, 1.165) is 5.56 Å². The zero-order valence-electron chi connectivity index (χ0n) is 16.8. The summed E-state index contributed by atoms with van der Waals surface area (Å²) in [4.78, 5) is 16.5. The van der Waals surface area contributed by atoms with Crippen molar-refractivity contribution in [1.82, 2.24) is 15.3 Å². The molecular formula is C22H22ClFN6O. The number of pyridine rings is 1. The van der Waals surface area contributed by atoms with Gasteiger partial charge in [0.05, 0.1) is 11.3 Å². The van der Waals surface area contributed by atoms with Gasteiger partial charge in [0.15, 0.2) is 0 Å². The molecule has 1 aromatic heterocycles. The van der Waals surface area contributed by atoms with Crippen LogP contribution in [0.2, 0.25) is 5.02 Å². The van der Waals surface area contributed by atoms with Crippen molar-refractivity contribution in [2.45, 2.75) is 6.54 Å². The molecule has 0 aliphatic heterocycles. The molecule has 2 aromatic carbocycles. The highest BCUT2D eigenvalue weighted by Gasteiger charge is 2.15. The van der Waals surface area contributed by atoms with Crippen LogP contribution >= 0.6 is 11.6 Å². The number of hydrogen-bond donors (Lipinski definition) is 4. The van der Waals surface area contributed by atoms with Crippen LogP contribution in [0.5, 0.6) is 0 Å². The molecule has 160 valence electrons. The summed E-state index contributed by atoms with van der Waals surface area (Å²) in [7, 11) is 1.63. The monoisotopic (exact) mass is 440 g/mol. The number of hydrazine groups is 1. The van der Waals surface area contributed by atoms with Crippen LogP contribution in [0.25, 0.3) is 16.8 Å². The maximum atomic E-state index is 14.7. The van der Waals surface area contributed by atoms with E-state index in [0.29, 0.717) is 27.4 Å². The molecule has 0 aliphatic carbocycles. The lowest BCUT2D eigenvalue weighted by molar-refractivity contribution is 0.0947. The van der Waals surface area contributed by atoms with Gasteiger partial charge in [0.2, 0.25) is 0 Å². The predicted octanol–water partition coefficient (Wildman–Crippen LogP) is 3.12. The van der Waals surface area contributed by atoms with Gasteiger partial charge >= 0.3 is 0 Å². The SMILES string of the molecule is CN(N)/C=C(\N)c1cnc(N)c(-c2ccc(C(=O)NCc3cccc(Cl)c3)c(F)c2)c1. The molecular weight excluding hydrogens is 419 g/mol. The predicted molar refractivity (Wildman–Crippen MR) is 121 cm³/mol. The Bertz CT molecular complexity index is 1150. The molecule has 7 nitrogen and oxygen atoms in total. The summed E-state index contributed by atoms with van der Waals surface area (Å²) in [5, 5.41) is 4.55. The van der Waals surface area contributed by atoms with Gasteiger partial charge in [0.1, 0.15) is 11.6 Å². The van der Waals surface area contributed by atoms with Crippen molar-refractivity contribution in [3.05, 3.63) is 88.5 Å². The molecule has 0 saturated heterocycles. The summed E-state index contributed by atoms with van der Waals surface area (Å²) < 4.78 is 14.7. The lowest BCUT2D eigenvalue weighted by Gasteiger charge is -2.12. The second-order valence-corrected chi connectivity index (χ2v) is 7.35. The Balaban J connectivity index is 1.82. The number of nitrogen functional groups attached to an aromatic ring is 1. The van der Waals surface area contributed by atoms with Gasteiger partial charge < -0.3 is 21.8 Å². The Hall–Kier alpha value is -3.62. The summed E-state index contributed by atoms with van der Waals surface area (Å²) in [5.41, 5.74) is 14.6. The van der Waals surface area contributed by atoms with E-state index < -0.39 is 11.7 Å². The van der Waals surface area contributed by atoms with Gasteiger partial charge in [0, 0.05) is 42.1 Å². The topological polar surface area (TPSA) is 123 Å². The average Bonchev–Trinajstić information content (AvgIpc) is 2.72. The summed E-state index contributed by atoms with van der Waals surface area (Å²) in [6.45, 7) is 0.223. The zero-order valence-corrected chi connectivity index (χ0v) is 17.5. The van der Waals surface area contributed by atoms with Crippen molar-refractivity contribution in [1.29, 1.82) is 0 Å². The number of hydrogen-bond acceptors (Lipinski definition) is 6. The summed E-state index contributed by atoms with van der Waals surface area (Å²) in [6, 6.07) is 13.0. The molecule has 0 aliphatic rings. The van der Waals surface area contributed by atoms with E-state index in [9.17, 15) is 9.18 Å². The molecule has 7 N–H and O–H groups in total. The fourth-order valence-electron chi connectivity index (χ4n) is 2.95. The van der Waals surface area contributed by atoms with Gasteiger partial charge in [-0.1, -0.05) is 29.8 Å². The maximum absolute atomic E-state index is 14.7. The van der Waals surface area contributed by atoms with E-state index in [1.807, 2.05) is 6.07 Å². The molecule has 3 rings (SSSR count). The highest BCUT2D eigenvalue weighted by atomic mass is 35.5. The fourth-order valence-corrected chi connectivity index (χ4v) is 3.16. The molecule has 0 spiro atoms. The Labute approximate surface area is 184 Å². The van der Waals surface area contributed by atoms with Crippen LogP contribution in [0.4, 0.5) is 10.2 Å². The minimum atomic E-state index is -0.684. The van der Waals surface area contributed by atoms with Crippen molar-refractivity contribution in [2.24, 2.45) is 11.6 Å². The maximum Gasteiger partial charge on any atom is 0.254 e. The zero-order chi connectivity index (χ0) is 22.5. The molecule has 1 heterocycles. The van der Waals surface area contributed by atoms with E-state index in [1.54, 1.807) is 37.4 Å². The molecule has 0 unspecified atom stereocenters. The molecule has 1 amide bonds. The Morgan fingerprint density at radius 1 is 1.26 bits per heavy atom. The third-order valence-corrected chi connectivity index (χ3v) is 4.70. The van der Waals surface area contributed by atoms with Crippen molar-refractivity contribution < 1.29 is 9.18 Å². The number of aromatic nitrogens is 1. The molecule has 0 bridgehead atoms. The second kappa shape index (κ2) is 9.46. The van der Waals surface area contributed by atoms with Crippen LogP contribution in [-0.2, 0) is 6.54 Å². The quantitative estimate of drug-likeness (QED) is 0.345. The van der Waals surface area contributed by atoms with Crippen molar-refractivity contribution in [2.75, 3.05) is 12.8 Å². The van der Waals surface area contributed by atoms with Gasteiger partial charge in [-0.25, -0.2) is 15.2 Å². The number of benzene rings is 2. The Kier molecular flexibility index (Phi) is 6.74. The highest BCUT2D eigenvalue weighted by molar-refractivity contribution is 6.30. The smallest absolute Gasteiger partial charge is 0.254 e. The fraction of sp³-hybridized carbons (Fsp3) is 0.0909. The first-order chi connectivity index (χ1) is 14.7. The van der Waals surface area contributed by atoms with Crippen LogP contribution in [0.3, 0.4) is 0 Å². The largest absolute Gasteiger partial charge is 0.397 e. The molecule has 0 atom stereocenters. The van der Waals surface area contributed by atoms with E-state index >= 15 is 0 Å². The van der Waals surface area contributed by atoms with Gasteiger partial charge in [-0.2, -0.15) is 0 Å². The number of nitrogens with one attached hydrogen (secondary N) is 1. The summed E-state index contributed by atoms with van der Waals surface area (Å²) in [6.07, 6.45) is 3.02. The Morgan fingerprint density at radius 3 is 2.71 bits per heavy atom. The minimum Gasteiger partial charge on any atom is -0.397 e. The molecule has 0 fully saturated rings. The molecule has 3 aromatic rings. The van der Waals surface area contributed by atoms with Crippen LogP contribution in [0.1, 0.15) is 21.5 Å². The molecule has 9 heteroatoms. The van der Waals surface area contributed by atoms with Gasteiger partial charge in [0.25, 0.3) is 5.91 Å². The number of nitrogens with zero attached hydrogens (tertiary/aromatic N) is 2. The van der Waals surface area contributed by atoms with Crippen molar-refractivity contribution in [3.63, 3.8) is 0 Å². The van der Waals surface area contributed by atoms with Gasteiger partial charge in [-0.05, 0) is 41.5 Å². The highest BCUT2D eigenvalue weighted by Crippen LogP contribution is 2.28. The van der Waals surface area contributed by atoms with Gasteiger partial charge in [-0.3, -0.25) is 4.79 Å². The molecule has 0 radical (unpaired) electrons. The van der Waals surface area contributed by atoms with Crippen molar-refractivity contribution in [3.8, 4) is 11.1 Å².